The normalized spacial score (nSPS) is 10.5. The molecule has 0 saturated heterocycles. The van der Waals surface area contributed by atoms with Crippen molar-refractivity contribution in [3.05, 3.63) is 64.6 Å². The topological polar surface area (TPSA) is 90.2 Å². The lowest BCUT2D eigenvalue weighted by Crippen LogP contribution is -2.05. The summed E-state index contributed by atoms with van der Waals surface area (Å²) in [7, 11) is 0. The molecule has 3 aromatic rings. The number of non-ortho nitro benzene ring substituents is 1. The van der Waals surface area contributed by atoms with Crippen LogP contribution in [-0.4, -0.2) is 21.5 Å². The molecule has 0 aliphatic heterocycles. The molecule has 0 unspecified atom stereocenters. The summed E-state index contributed by atoms with van der Waals surface area (Å²) in [5.74, 6) is 0.584. The molecular weight excluding hydrogens is 308 g/mol. The molecule has 7 heteroatoms. The summed E-state index contributed by atoms with van der Waals surface area (Å²) in [5, 5.41) is 15.7. The van der Waals surface area contributed by atoms with Crippen molar-refractivity contribution in [1.82, 2.24) is 9.97 Å². The Morgan fingerprint density at radius 1 is 1.21 bits per heavy atom. The average molecular weight is 324 g/mol. The van der Waals surface area contributed by atoms with Crippen LogP contribution in [0.15, 0.2) is 48.9 Å². The van der Waals surface area contributed by atoms with E-state index in [0.29, 0.717) is 24.4 Å². The fourth-order valence-electron chi connectivity index (χ4n) is 2.50. The third-order valence-electron chi connectivity index (χ3n) is 3.59. The summed E-state index contributed by atoms with van der Waals surface area (Å²) in [5.41, 5.74) is 1.75. The van der Waals surface area contributed by atoms with Crippen LogP contribution in [0.4, 0.5) is 11.4 Å². The van der Waals surface area contributed by atoms with Crippen molar-refractivity contribution in [3.63, 3.8) is 0 Å². The highest BCUT2D eigenvalue weighted by atomic mass is 16.6. The number of fused-ring (bicyclic) bond motifs is 1. The number of rotatable bonds is 6. The number of hydrogen-bond acceptors (Lipinski definition) is 6. The minimum atomic E-state index is -0.401. The Morgan fingerprint density at radius 2 is 2.08 bits per heavy atom. The number of nitro groups is 1. The first-order valence-electron chi connectivity index (χ1n) is 7.52. The van der Waals surface area contributed by atoms with Crippen molar-refractivity contribution in [2.75, 3.05) is 11.9 Å². The molecule has 3 rings (SSSR count). The lowest BCUT2D eigenvalue weighted by Gasteiger charge is -2.12. The first-order chi connectivity index (χ1) is 11.7. The van der Waals surface area contributed by atoms with Crippen LogP contribution in [0.25, 0.3) is 10.8 Å². The SMILES string of the molecule is CCOc1ncccc1CNc1ccc([N+](=O)[O-])c2cnccc12. The van der Waals surface area contributed by atoms with Crippen molar-refractivity contribution in [1.29, 1.82) is 0 Å². The van der Waals surface area contributed by atoms with Gasteiger partial charge in [0.15, 0.2) is 0 Å². The van der Waals surface area contributed by atoms with Gasteiger partial charge in [0.05, 0.1) is 16.9 Å². The Bertz CT molecular complexity index is 883. The van der Waals surface area contributed by atoms with E-state index in [4.69, 9.17) is 4.74 Å². The first-order valence-corrected chi connectivity index (χ1v) is 7.52. The van der Waals surface area contributed by atoms with Crippen molar-refractivity contribution in [2.45, 2.75) is 13.5 Å². The number of nitrogens with one attached hydrogen (secondary N) is 1. The Morgan fingerprint density at radius 3 is 2.88 bits per heavy atom. The zero-order chi connectivity index (χ0) is 16.9. The van der Waals surface area contributed by atoms with Crippen LogP contribution in [0.3, 0.4) is 0 Å². The van der Waals surface area contributed by atoms with Gasteiger partial charge in [-0.2, -0.15) is 0 Å². The molecular formula is C17H16N4O3. The molecule has 0 saturated carbocycles. The van der Waals surface area contributed by atoms with Gasteiger partial charge in [0.1, 0.15) is 0 Å². The summed E-state index contributed by atoms with van der Waals surface area (Å²) in [6.07, 6.45) is 4.81. The predicted molar refractivity (Wildman–Crippen MR) is 91.1 cm³/mol. The lowest BCUT2D eigenvalue weighted by molar-refractivity contribution is -0.383. The van der Waals surface area contributed by atoms with E-state index in [1.165, 1.54) is 12.3 Å². The van der Waals surface area contributed by atoms with E-state index < -0.39 is 4.92 Å². The molecule has 0 atom stereocenters. The maximum Gasteiger partial charge on any atom is 0.278 e. The summed E-state index contributed by atoms with van der Waals surface area (Å²) in [6, 6.07) is 8.73. The van der Waals surface area contributed by atoms with Crippen molar-refractivity contribution in [2.24, 2.45) is 0 Å². The lowest BCUT2D eigenvalue weighted by atomic mass is 10.1. The van der Waals surface area contributed by atoms with E-state index in [0.717, 1.165) is 16.6 Å². The van der Waals surface area contributed by atoms with E-state index in [-0.39, 0.29) is 5.69 Å². The summed E-state index contributed by atoms with van der Waals surface area (Å²) >= 11 is 0. The van der Waals surface area contributed by atoms with E-state index >= 15 is 0 Å². The number of nitrogens with zero attached hydrogens (tertiary/aromatic N) is 3. The highest BCUT2D eigenvalue weighted by Crippen LogP contribution is 2.31. The van der Waals surface area contributed by atoms with E-state index in [1.54, 1.807) is 24.5 Å². The van der Waals surface area contributed by atoms with Gasteiger partial charge < -0.3 is 10.1 Å². The fourth-order valence-corrected chi connectivity index (χ4v) is 2.50. The van der Waals surface area contributed by atoms with Crippen LogP contribution in [0.1, 0.15) is 12.5 Å². The molecule has 2 heterocycles. The van der Waals surface area contributed by atoms with Gasteiger partial charge in [-0.3, -0.25) is 15.1 Å². The van der Waals surface area contributed by atoms with Crippen LogP contribution in [0.5, 0.6) is 5.88 Å². The third-order valence-corrected chi connectivity index (χ3v) is 3.59. The zero-order valence-corrected chi connectivity index (χ0v) is 13.1. The maximum absolute atomic E-state index is 11.2. The van der Waals surface area contributed by atoms with Gasteiger partial charge in [0.25, 0.3) is 5.69 Å². The van der Waals surface area contributed by atoms with Crippen molar-refractivity contribution >= 4 is 22.1 Å². The molecule has 0 amide bonds. The van der Waals surface area contributed by atoms with E-state index in [2.05, 4.69) is 15.3 Å². The standard InChI is InChI=1S/C17H16N4O3/c1-2-24-17-12(4-3-8-19-17)10-20-15-5-6-16(21(22)23)14-11-18-9-7-13(14)15/h3-9,11,20H,2,10H2,1H3. The van der Waals surface area contributed by atoms with Crippen LogP contribution in [0.2, 0.25) is 0 Å². The van der Waals surface area contributed by atoms with Gasteiger partial charge in [-0.25, -0.2) is 4.98 Å². The highest BCUT2D eigenvalue weighted by molar-refractivity contribution is 5.99. The second-order valence-corrected chi connectivity index (χ2v) is 5.06. The highest BCUT2D eigenvalue weighted by Gasteiger charge is 2.14. The predicted octanol–water partition coefficient (Wildman–Crippen LogP) is 3.55. The van der Waals surface area contributed by atoms with Crippen molar-refractivity contribution in [3.8, 4) is 5.88 Å². The van der Waals surface area contributed by atoms with Gasteiger partial charge in [0, 0.05) is 47.8 Å². The zero-order valence-electron chi connectivity index (χ0n) is 13.1. The molecule has 24 heavy (non-hydrogen) atoms. The molecule has 1 N–H and O–H groups in total. The number of benzene rings is 1. The Hall–Kier alpha value is -3.22. The van der Waals surface area contributed by atoms with Crippen molar-refractivity contribution < 1.29 is 9.66 Å². The molecule has 122 valence electrons. The van der Waals surface area contributed by atoms with Crippen LogP contribution in [-0.2, 0) is 6.54 Å². The summed E-state index contributed by atoms with van der Waals surface area (Å²) in [6.45, 7) is 2.94. The Kier molecular flexibility index (Phi) is 4.51. The molecule has 0 spiro atoms. The second-order valence-electron chi connectivity index (χ2n) is 5.06. The van der Waals surface area contributed by atoms with Gasteiger partial charge in [0.2, 0.25) is 5.88 Å². The number of nitro benzene ring substituents is 1. The Labute approximate surface area is 138 Å². The maximum atomic E-state index is 11.2. The van der Waals surface area contributed by atoms with Crippen LogP contribution < -0.4 is 10.1 Å². The molecule has 2 aromatic heterocycles. The average Bonchev–Trinajstić information content (AvgIpc) is 2.60. The summed E-state index contributed by atoms with van der Waals surface area (Å²) in [4.78, 5) is 19.0. The smallest absolute Gasteiger partial charge is 0.278 e. The van der Waals surface area contributed by atoms with Gasteiger partial charge in [-0.1, -0.05) is 6.07 Å². The first kappa shape index (κ1) is 15.7. The second kappa shape index (κ2) is 6.91. The van der Waals surface area contributed by atoms with E-state index in [9.17, 15) is 10.1 Å². The largest absolute Gasteiger partial charge is 0.478 e. The summed E-state index contributed by atoms with van der Waals surface area (Å²) < 4.78 is 5.51. The van der Waals surface area contributed by atoms with Crippen LogP contribution in [0, 0.1) is 10.1 Å². The Balaban J connectivity index is 1.92. The van der Waals surface area contributed by atoms with Gasteiger partial charge in [-0.15, -0.1) is 0 Å². The molecule has 0 radical (unpaired) electrons. The number of ether oxygens (including phenoxy) is 1. The minimum Gasteiger partial charge on any atom is -0.478 e. The quantitative estimate of drug-likeness (QED) is 0.551. The molecule has 0 aliphatic carbocycles. The number of hydrogen-bond donors (Lipinski definition) is 1. The third kappa shape index (κ3) is 3.10. The molecule has 0 fully saturated rings. The van der Waals surface area contributed by atoms with Crippen LogP contribution >= 0.6 is 0 Å². The van der Waals surface area contributed by atoms with E-state index in [1.807, 2.05) is 19.1 Å². The number of aromatic nitrogens is 2. The molecule has 0 aliphatic rings. The molecule has 1 aromatic carbocycles. The fraction of sp³-hybridized carbons (Fsp3) is 0.176. The number of pyridine rings is 2. The van der Waals surface area contributed by atoms with Gasteiger partial charge >= 0.3 is 0 Å². The van der Waals surface area contributed by atoms with Gasteiger partial charge in [-0.05, 0) is 25.1 Å². The number of anilines is 1. The molecule has 7 nitrogen and oxygen atoms in total. The minimum absolute atomic E-state index is 0.0417. The monoisotopic (exact) mass is 324 g/mol. The molecule has 0 bridgehead atoms.